The summed E-state index contributed by atoms with van der Waals surface area (Å²) >= 11 is 0. The maximum atomic E-state index is 9.11. The highest BCUT2D eigenvalue weighted by Crippen LogP contribution is 2.08. The average Bonchev–Trinajstić information content (AvgIpc) is 2.65. The Balaban J connectivity index is 3.21. The van der Waals surface area contributed by atoms with Crippen LogP contribution in [-0.4, -0.2) is 102 Å². The van der Waals surface area contributed by atoms with Crippen LogP contribution in [0.25, 0.3) is 0 Å². The maximum Gasteiger partial charge on any atom is 0.140 e. The fraction of sp³-hybridized carbons (Fsp3) is 1.00. The Hall–Kier alpha value is -0.400. The van der Waals surface area contributed by atoms with Gasteiger partial charge in [-0.05, 0) is 6.92 Å². The van der Waals surface area contributed by atoms with Gasteiger partial charge in [0.25, 0.3) is 0 Å². The van der Waals surface area contributed by atoms with Crippen molar-refractivity contribution in [3.8, 4) is 0 Å². The third-order valence-electron chi connectivity index (χ3n) is 3.01. The van der Waals surface area contributed by atoms with E-state index in [1.807, 2.05) is 6.92 Å². The molecule has 152 valence electrons. The van der Waals surface area contributed by atoms with Crippen LogP contribution in [0.3, 0.4) is 0 Å². The molecule has 0 fully saturated rings. The molecule has 0 atom stereocenters. The molecule has 25 heavy (non-hydrogen) atoms. The molecule has 0 spiro atoms. The van der Waals surface area contributed by atoms with E-state index in [9.17, 15) is 0 Å². The summed E-state index contributed by atoms with van der Waals surface area (Å²) in [6.07, 6.45) is 0. The Morgan fingerprint density at radius 3 is 1.56 bits per heavy atom. The van der Waals surface area contributed by atoms with Gasteiger partial charge in [0, 0.05) is 13.7 Å². The predicted molar refractivity (Wildman–Crippen MR) is 85.9 cm³/mol. The van der Waals surface area contributed by atoms with Gasteiger partial charge in [-0.15, -0.1) is 0 Å². The molecule has 10 heteroatoms. The number of hydrogen-bond donors (Lipinski definition) is 2. The van der Waals surface area contributed by atoms with Gasteiger partial charge in [-0.25, -0.2) is 19.6 Å². The highest BCUT2D eigenvalue weighted by molar-refractivity contribution is 4.77. The Labute approximate surface area is 148 Å². The smallest absolute Gasteiger partial charge is 0.140 e. The van der Waals surface area contributed by atoms with Crippen molar-refractivity contribution < 1.29 is 48.7 Å². The second-order valence-corrected chi connectivity index (χ2v) is 4.85. The minimum Gasteiger partial charge on any atom is -0.393 e. The Kier molecular flexibility index (Phi) is 18.1. The first-order chi connectivity index (χ1) is 12.2. The van der Waals surface area contributed by atoms with Gasteiger partial charge in [-0.2, -0.15) is 0 Å². The zero-order chi connectivity index (χ0) is 18.6. The lowest BCUT2D eigenvalue weighted by molar-refractivity contribution is -0.355. The first-order valence-corrected chi connectivity index (χ1v) is 8.23. The summed E-state index contributed by atoms with van der Waals surface area (Å²) in [5.41, 5.74) is -1.18. The van der Waals surface area contributed by atoms with Gasteiger partial charge < -0.3 is 29.2 Å². The van der Waals surface area contributed by atoms with Crippen LogP contribution < -0.4 is 0 Å². The average molecular weight is 372 g/mol. The normalized spacial score (nSPS) is 12.0. The van der Waals surface area contributed by atoms with E-state index in [4.69, 9.17) is 48.7 Å². The van der Waals surface area contributed by atoms with E-state index >= 15 is 0 Å². The van der Waals surface area contributed by atoms with E-state index in [1.54, 1.807) is 0 Å². The van der Waals surface area contributed by atoms with E-state index in [2.05, 4.69) is 0 Å². The quantitative estimate of drug-likeness (QED) is 0.162. The number of rotatable bonds is 20. The number of ether oxygens (including phenoxy) is 4. The molecule has 0 aromatic heterocycles. The third kappa shape index (κ3) is 14.5. The Bertz CT molecular complexity index is 254. The molecule has 0 saturated heterocycles. The van der Waals surface area contributed by atoms with Crippen molar-refractivity contribution in [2.45, 2.75) is 12.5 Å². The lowest BCUT2D eigenvalue weighted by Crippen LogP contribution is -2.44. The van der Waals surface area contributed by atoms with Crippen molar-refractivity contribution in [3.05, 3.63) is 0 Å². The van der Waals surface area contributed by atoms with Crippen LogP contribution >= 0.6 is 0 Å². The number of aliphatic hydroxyl groups is 2. The SMILES string of the molecule is CCOCCOCCOCCOOCCOOCC(CO)(CO)OC. The molecule has 0 aliphatic rings. The first-order valence-electron chi connectivity index (χ1n) is 8.23. The molecule has 0 saturated carbocycles. The number of aliphatic hydroxyl groups excluding tert-OH is 2. The summed E-state index contributed by atoms with van der Waals surface area (Å²) in [6, 6.07) is 0. The van der Waals surface area contributed by atoms with Gasteiger partial charge in [-0.3, -0.25) is 0 Å². The molecule has 0 aliphatic carbocycles. The van der Waals surface area contributed by atoms with E-state index in [-0.39, 0.29) is 39.6 Å². The third-order valence-corrected chi connectivity index (χ3v) is 3.01. The summed E-state index contributed by atoms with van der Waals surface area (Å²) < 4.78 is 20.6. The highest BCUT2D eigenvalue weighted by atomic mass is 17.2. The van der Waals surface area contributed by atoms with Crippen molar-refractivity contribution in [2.24, 2.45) is 0 Å². The van der Waals surface area contributed by atoms with E-state index in [0.29, 0.717) is 39.6 Å². The number of methoxy groups -OCH3 is 1. The van der Waals surface area contributed by atoms with Gasteiger partial charge in [-0.1, -0.05) is 0 Å². The molecule has 0 aliphatic heterocycles. The zero-order valence-electron chi connectivity index (χ0n) is 15.1. The van der Waals surface area contributed by atoms with Crippen molar-refractivity contribution in [3.63, 3.8) is 0 Å². The molecule has 0 aromatic carbocycles. The summed E-state index contributed by atoms with van der Waals surface area (Å²) in [5.74, 6) is 0. The minimum atomic E-state index is -1.18. The Morgan fingerprint density at radius 1 is 0.640 bits per heavy atom. The zero-order valence-corrected chi connectivity index (χ0v) is 15.1. The lowest BCUT2D eigenvalue weighted by Gasteiger charge is -2.26. The topological polar surface area (TPSA) is 114 Å². The largest absolute Gasteiger partial charge is 0.393 e. The summed E-state index contributed by atoms with van der Waals surface area (Å²) in [4.78, 5) is 19.4. The molecule has 0 rings (SSSR count). The molecule has 2 N–H and O–H groups in total. The lowest BCUT2D eigenvalue weighted by atomic mass is 10.1. The number of hydrogen-bond acceptors (Lipinski definition) is 10. The van der Waals surface area contributed by atoms with Crippen LogP contribution in [0.5, 0.6) is 0 Å². The molecule has 0 bridgehead atoms. The van der Waals surface area contributed by atoms with Gasteiger partial charge in [0.15, 0.2) is 0 Å². The van der Waals surface area contributed by atoms with E-state index < -0.39 is 5.60 Å². The molecule has 0 amide bonds. The predicted octanol–water partition coefficient (Wildman–Crippen LogP) is -0.678. The van der Waals surface area contributed by atoms with Crippen LogP contribution in [0, 0.1) is 0 Å². The van der Waals surface area contributed by atoms with Crippen LogP contribution in [0.2, 0.25) is 0 Å². The monoisotopic (exact) mass is 372 g/mol. The second kappa shape index (κ2) is 18.4. The summed E-state index contributed by atoms with van der Waals surface area (Å²) in [6.45, 7) is 4.79. The second-order valence-electron chi connectivity index (χ2n) is 4.85. The van der Waals surface area contributed by atoms with Crippen LogP contribution in [-0.2, 0) is 38.5 Å². The van der Waals surface area contributed by atoms with Crippen molar-refractivity contribution in [2.75, 3.05) is 86.4 Å². The van der Waals surface area contributed by atoms with Gasteiger partial charge in [0.05, 0.1) is 46.2 Å². The fourth-order valence-electron chi connectivity index (χ4n) is 1.40. The van der Waals surface area contributed by atoms with Crippen molar-refractivity contribution >= 4 is 0 Å². The maximum absolute atomic E-state index is 9.11. The van der Waals surface area contributed by atoms with E-state index in [0.717, 1.165) is 0 Å². The molecule has 0 heterocycles. The molecule has 10 nitrogen and oxygen atoms in total. The van der Waals surface area contributed by atoms with Crippen molar-refractivity contribution in [1.29, 1.82) is 0 Å². The van der Waals surface area contributed by atoms with Crippen LogP contribution in [0.15, 0.2) is 0 Å². The van der Waals surface area contributed by atoms with Gasteiger partial charge in [0.1, 0.15) is 32.0 Å². The molecule has 0 radical (unpaired) electrons. The summed E-state index contributed by atoms with van der Waals surface area (Å²) in [7, 11) is 1.36. The standard InChI is InChI=1S/C15H32O10/c1-3-19-4-5-20-6-7-21-8-9-22-23-10-11-24-25-14-15(12-16,13-17)18-2/h16-17H,3-14H2,1-2H3. The fourth-order valence-corrected chi connectivity index (χ4v) is 1.40. The first kappa shape index (κ1) is 24.6. The minimum absolute atomic E-state index is 0.113. The molecular formula is C15H32O10. The van der Waals surface area contributed by atoms with Gasteiger partial charge in [0.2, 0.25) is 0 Å². The molecule has 0 aromatic rings. The Morgan fingerprint density at radius 2 is 1.08 bits per heavy atom. The van der Waals surface area contributed by atoms with Crippen molar-refractivity contribution in [1.82, 2.24) is 0 Å². The molecular weight excluding hydrogens is 340 g/mol. The van der Waals surface area contributed by atoms with Gasteiger partial charge >= 0.3 is 0 Å². The van der Waals surface area contributed by atoms with Crippen LogP contribution in [0.4, 0.5) is 0 Å². The summed E-state index contributed by atoms with van der Waals surface area (Å²) in [5, 5.41) is 18.2. The van der Waals surface area contributed by atoms with Crippen LogP contribution in [0.1, 0.15) is 6.92 Å². The van der Waals surface area contributed by atoms with E-state index in [1.165, 1.54) is 7.11 Å². The highest BCUT2D eigenvalue weighted by Gasteiger charge is 2.29. The molecule has 0 unspecified atom stereocenters.